The van der Waals surface area contributed by atoms with Crippen LogP contribution in [-0.2, 0) is 4.74 Å². The van der Waals surface area contributed by atoms with E-state index in [0.29, 0.717) is 17.7 Å². The molecule has 0 radical (unpaired) electrons. The van der Waals surface area contributed by atoms with Crippen molar-refractivity contribution in [3.63, 3.8) is 0 Å². The molecule has 2 saturated heterocycles. The van der Waals surface area contributed by atoms with Crippen molar-refractivity contribution in [3.05, 3.63) is 0 Å². The summed E-state index contributed by atoms with van der Waals surface area (Å²) in [5, 5.41) is 0. The Morgan fingerprint density at radius 3 is 2.36 bits per heavy atom. The second-order valence-electron chi connectivity index (χ2n) is 4.67. The number of rotatable bonds is 0. The zero-order valence-corrected chi connectivity index (χ0v) is 7.63. The van der Waals surface area contributed by atoms with Gasteiger partial charge in [0.2, 0.25) is 0 Å². The molecule has 2 aliphatic heterocycles. The molecule has 2 aliphatic rings. The van der Waals surface area contributed by atoms with Gasteiger partial charge in [-0.15, -0.1) is 0 Å². The van der Waals surface area contributed by atoms with Gasteiger partial charge in [0.25, 0.3) is 0 Å². The molecular formula is C9H17NO. The Bertz CT molecular complexity index is 161. The van der Waals surface area contributed by atoms with Crippen molar-refractivity contribution < 1.29 is 4.74 Å². The van der Waals surface area contributed by atoms with Gasteiger partial charge in [0.05, 0.1) is 12.7 Å². The summed E-state index contributed by atoms with van der Waals surface area (Å²) in [6.07, 6.45) is 1.80. The molecule has 0 aromatic heterocycles. The minimum atomic E-state index is 0.337. The van der Waals surface area contributed by atoms with Crippen molar-refractivity contribution in [1.29, 1.82) is 0 Å². The van der Waals surface area contributed by atoms with Gasteiger partial charge in [0.15, 0.2) is 0 Å². The molecule has 2 atom stereocenters. The van der Waals surface area contributed by atoms with Gasteiger partial charge < -0.3 is 4.74 Å². The summed E-state index contributed by atoms with van der Waals surface area (Å²) in [5.74, 6) is 0. The van der Waals surface area contributed by atoms with Crippen LogP contribution in [0.4, 0.5) is 0 Å². The zero-order valence-electron chi connectivity index (χ0n) is 7.63. The van der Waals surface area contributed by atoms with Crippen LogP contribution in [0, 0.1) is 0 Å². The average Bonchev–Trinajstić information content (AvgIpc) is 2.42. The molecule has 0 aliphatic carbocycles. The molecule has 2 nitrogen and oxygen atoms in total. The smallest absolute Gasteiger partial charge is 0.0718 e. The predicted octanol–water partition coefficient (Wildman–Crippen LogP) is 1.26. The highest BCUT2D eigenvalue weighted by atomic mass is 16.5. The summed E-state index contributed by atoms with van der Waals surface area (Å²) in [4.78, 5) is 2.57. The Morgan fingerprint density at radius 1 is 1.36 bits per heavy atom. The lowest BCUT2D eigenvalue weighted by molar-refractivity contribution is -0.00804. The molecule has 0 amide bonds. The number of fused-ring (bicyclic) bond motifs is 2. The van der Waals surface area contributed by atoms with E-state index in [1.807, 2.05) is 0 Å². The molecule has 0 N–H and O–H groups in total. The van der Waals surface area contributed by atoms with Crippen molar-refractivity contribution in [1.82, 2.24) is 4.90 Å². The number of nitrogens with zero attached hydrogens (tertiary/aromatic N) is 1. The number of hydrogen-bond acceptors (Lipinski definition) is 2. The molecular weight excluding hydrogens is 138 g/mol. The summed E-state index contributed by atoms with van der Waals surface area (Å²) in [6.45, 7) is 8.96. The number of ether oxygens (including phenoxy) is 1. The maximum absolute atomic E-state index is 5.54. The molecule has 2 heterocycles. The van der Waals surface area contributed by atoms with Gasteiger partial charge in [-0.1, -0.05) is 0 Å². The van der Waals surface area contributed by atoms with E-state index < -0.39 is 0 Å². The first-order valence-corrected chi connectivity index (χ1v) is 4.46. The second-order valence-corrected chi connectivity index (χ2v) is 4.67. The molecule has 0 aromatic carbocycles. The first-order valence-electron chi connectivity index (χ1n) is 4.46. The quantitative estimate of drug-likeness (QED) is 0.522. The lowest BCUT2D eigenvalue weighted by atomic mass is 10.1. The zero-order chi connectivity index (χ0) is 8.06. The van der Waals surface area contributed by atoms with Gasteiger partial charge in [-0.2, -0.15) is 0 Å². The van der Waals surface area contributed by atoms with E-state index in [4.69, 9.17) is 4.74 Å². The largest absolute Gasteiger partial charge is 0.375 e. The molecule has 0 saturated carbocycles. The third-order valence-corrected chi connectivity index (χ3v) is 2.76. The van der Waals surface area contributed by atoms with Crippen LogP contribution in [0.15, 0.2) is 0 Å². The lowest BCUT2D eigenvalue weighted by Gasteiger charge is -2.38. The molecule has 2 rings (SSSR count). The van der Waals surface area contributed by atoms with Gasteiger partial charge in [0, 0.05) is 18.1 Å². The van der Waals surface area contributed by atoms with Crippen molar-refractivity contribution in [2.75, 3.05) is 13.2 Å². The standard InChI is InChI=1S/C9H17NO/c1-9(2,3)10-5-8-4-7(10)6-11-8/h7-8H,4-6H2,1-3H3/t7-,8-/m0/s1. The maximum atomic E-state index is 5.54. The number of likely N-dealkylation sites (tertiary alicyclic amines) is 1. The third-order valence-electron chi connectivity index (χ3n) is 2.76. The van der Waals surface area contributed by atoms with Crippen LogP contribution in [-0.4, -0.2) is 35.7 Å². The van der Waals surface area contributed by atoms with E-state index in [1.165, 1.54) is 6.42 Å². The average molecular weight is 155 g/mol. The van der Waals surface area contributed by atoms with E-state index in [9.17, 15) is 0 Å². The van der Waals surface area contributed by atoms with E-state index in [2.05, 4.69) is 25.7 Å². The summed E-state index contributed by atoms with van der Waals surface area (Å²) >= 11 is 0. The number of hydrogen-bond donors (Lipinski definition) is 0. The predicted molar refractivity (Wildman–Crippen MR) is 44.6 cm³/mol. The molecule has 0 unspecified atom stereocenters. The SMILES string of the molecule is CC(C)(C)N1C[C@@H]2C[C@H]1CO2. The highest BCUT2D eigenvalue weighted by Gasteiger charge is 2.43. The molecule has 64 valence electrons. The normalized spacial score (nSPS) is 38.5. The Morgan fingerprint density at radius 2 is 2.09 bits per heavy atom. The van der Waals surface area contributed by atoms with Gasteiger partial charge in [-0.3, -0.25) is 4.90 Å². The van der Waals surface area contributed by atoms with Crippen LogP contribution < -0.4 is 0 Å². The van der Waals surface area contributed by atoms with E-state index in [-0.39, 0.29) is 0 Å². The fraction of sp³-hybridized carbons (Fsp3) is 1.00. The molecule has 0 spiro atoms. The fourth-order valence-electron chi connectivity index (χ4n) is 2.22. The monoisotopic (exact) mass is 155 g/mol. The van der Waals surface area contributed by atoms with Crippen LogP contribution in [0.1, 0.15) is 27.2 Å². The van der Waals surface area contributed by atoms with Crippen LogP contribution in [0.2, 0.25) is 0 Å². The van der Waals surface area contributed by atoms with Crippen molar-refractivity contribution in [3.8, 4) is 0 Å². The highest BCUT2D eigenvalue weighted by Crippen LogP contribution is 2.33. The number of morpholine rings is 1. The lowest BCUT2D eigenvalue weighted by Crippen LogP contribution is -2.48. The van der Waals surface area contributed by atoms with Crippen LogP contribution in [0.5, 0.6) is 0 Å². The summed E-state index contributed by atoms with van der Waals surface area (Å²) in [6, 6.07) is 0.708. The third kappa shape index (κ3) is 1.18. The summed E-state index contributed by atoms with van der Waals surface area (Å²) < 4.78 is 5.54. The van der Waals surface area contributed by atoms with Gasteiger partial charge in [-0.25, -0.2) is 0 Å². The summed E-state index contributed by atoms with van der Waals surface area (Å²) in [5.41, 5.74) is 0.337. The first kappa shape index (κ1) is 7.56. The first-order chi connectivity index (χ1) is 5.07. The van der Waals surface area contributed by atoms with Crippen LogP contribution in [0.25, 0.3) is 0 Å². The van der Waals surface area contributed by atoms with Gasteiger partial charge in [-0.05, 0) is 27.2 Å². The molecule has 2 fully saturated rings. The van der Waals surface area contributed by atoms with E-state index in [1.54, 1.807) is 0 Å². The van der Waals surface area contributed by atoms with Gasteiger partial charge in [0.1, 0.15) is 0 Å². The topological polar surface area (TPSA) is 12.5 Å². The van der Waals surface area contributed by atoms with Crippen LogP contribution in [0.3, 0.4) is 0 Å². The highest BCUT2D eigenvalue weighted by molar-refractivity contribution is 4.96. The molecule has 2 heteroatoms. The van der Waals surface area contributed by atoms with E-state index >= 15 is 0 Å². The maximum Gasteiger partial charge on any atom is 0.0718 e. The van der Waals surface area contributed by atoms with Crippen molar-refractivity contribution in [2.24, 2.45) is 0 Å². The van der Waals surface area contributed by atoms with Crippen molar-refractivity contribution in [2.45, 2.75) is 44.9 Å². The van der Waals surface area contributed by atoms with Crippen LogP contribution >= 0.6 is 0 Å². The summed E-state index contributed by atoms with van der Waals surface area (Å²) in [7, 11) is 0. The second kappa shape index (κ2) is 2.20. The Hall–Kier alpha value is -0.0800. The van der Waals surface area contributed by atoms with Gasteiger partial charge >= 0.3 is 0 Å². The Labute approximate surface area is 68.5 Å². The minimum Gasteiger partial charge on any atom is -0.375 e. The van der Waals surface area contributed by atoms with E-state index in [0.717, 1.165) is 13.2 Å². The van der Waals surface area contributed by atoms with Crippen molar-refractivity contribution >= 4 is 0 Å². The Kier molecular flexibility index (Phi) is 1.52. The molecule has 2 bridgehead atoms. The Balaban J connectivity index is 2.08. The minimum absolute atomic E-state index is 0.337. The molecule has 11 heavy (non-hydrogen) atoms. The molecule has 0 aromatic rings. The fourth-order valence-corrected chi connectivity index (χ4v) is 2.22.